The number of esters is 3. The van der Waals surface area contributed by atoms with Gasteiger partial charge in [-0.3, -0.25) is 19.2 Å². The molecule has 336 valence electrons. The molecule has 0 radical (unpaired) electrons. The molecule has 0 amide bonds. The van der Waals surface area contributed by atoms with Gasteiger partial charge in [0.2, 0.25) is 0 Å². The van der Waals surface area contributed by atoms with E-state index in [9.17, 15) is 34.2 Å². The van der Waals surface area contributed by atoms with Gasteiger partial charge in [-0.15, -0.1) is 0 Å². The fraction of sp³-hybridized carbons (Fsp3) is 0.833. The largest absolute Gasteiger partial charge is 0.462 e. The molecule has 17 heteroatoms. The average Bonchev–Trinajstić information content (AvgIpc) is 3.85. The normalized spacial score (nSPS) is 41.7. The second kappa shape index (κ2) is 21.3. The molecular weight excluding hydrogens is 774 g/mol. The molecule has 2 N–H and O–H groups in total. The van der Waals surface area contributed by atoms with E-state index in [4.69, 9.17) is 42.6 Å². The highest BCUT2D eigenvalue weighted by Gasteiger charge is 2.53. The lowest BCUT2D eigenvalue weighted by atomic mass is 9.83. The standard InChI is InChI=1S/C42H67NO16/c1-21(2)16-32(47)57-40-25(6)53-34(20-42(40,8)50)58-37-24(5)54-41(36(49)35(37)43(9)10)59-38-27(14-15-44)17-22(3)28(46)12-13-29-30(56-29)18-23(4)52-33(48)19-31(39(38)51-11)55-26(7)45/h12-13,15,21-25,27,29-31,34-41,49-50H,14,16-20H2,1-11H3/b13-12+/t22-,23-,24?,25?,27+,29?,30+,31-,34?,35?,36?,37?,38+,39+,40?,41?,42?/m1/s1. The Labute approximate surface area is 347 Å². The van der Waals surface area contributed by atoms with E-state index >= 15 is 0 Å². The first-order valence-electron chi connectivity index (χ1n) is 20.7. The zero-order valence-corrected chi connectivity index (χ0v) is 36.3. The smallest absolute Gasteiger partial charge is 0.309 e. The van der Waals surface area contributed by atoms with Crippen LogP contribution in [0.1, 0.15) is 93.9 Å². The maximum absolute atomic E-state index is 13.4. The third-order valence-electron chi connectivity index (χ3n) is 11.4. The molecule has 0 aromatic rings. The molecule has 0 aliphatic carbocycles. The van der Waals surface area contributed by atoms with Gasteiger partial charge in [-0.1, -0.05) is 20.8 Å². The van der Waals surface area contributed by atoms with Crippen molar-refractivity contribution in [2.75, 3.05) is 21.2 Å². The second-order valence-corrected chi connectivity index (χ2v) is 17.5. The van der Waals surface area contributed by atoms with E-state index in [0.29, 0.717) is 12.7 Å². The van der Waals surface area contributed by atoms with Crippen molar-refractivity contribution in [1.82, 2.24) is 4.90 Å². The summed E-state index contributed by atoms with van der Waals surface area (Å²) in [6.45, 7) is 13.4. The van der Waals surface area contributed by atoms with Crippen molar-refractivity contribution < 1.29 is 76.8 Å². The molecule has 0 aromatic carbocycles. The molecule has 17 atom stereocenters. The zero-order chi connectivity index (χ0) is 43.9. The Morgan fingerprint density at radius 1 is 1.00 bits per heavy atom. The van der Waals surface area contributed by atoms with Crippen molar-refractivity contribution >= 4 is 30.0 Å². The van der Waals surface area contributed by atoms with E-state index in [-0.39, 0.29) is 49.6 Å². The lowest BCUT2D eigenvalue weighted by Gasteiger charge is -2.50. The van der Waals surface area contributed by atoms with Crippen molar-refractivity contribution in [2.45, 2.75) is 185 Å². The molecule has 0 saturated carbocycles. The van der Waals surface area contributed by atoms with Crippen molar-refractivity contribution in [3.63, 3.8) is 0 Å². The van der Waals surface area contributed by atoms with Crippen LogP contribution in [0.4, 0.5) is 0 Å². The zero-order valence-electron chi connectivity index (χ0n) is 36.3. The van der Waals surface area contributed by atoms with Gasteiger partial charge in [0.25, 0.3) is 0 Å². The summed E-state index contributed by atoms with van der Waals surface area (Å²) < 4.78 is 54.2. The molecule has 0 bridgehead atoms. The molecule has 4 aliphatic rings. The van der Waals surface area contributed by atoms with Crippen molar-refractivity contribution in [1.29, 1.82) is 0 Å². The Bertz CT molecular complexity index is 1470. The number of methoxy groups -OCH3 is 1. The number of epoxide rings is 1. The van der Waals surface area contributed by atoms with Gasteiger partial charge in [-0.2, -0.15) is 0 Å². The molecule has 3 saturated heterocycles. The van der Waals surface area contributed by atoms with Gasteiger partial charge in [0.15, 0.2) is 24.5 Å². The fourth-order valence-electron chi connectivity index (χ4n) is 8.51. The molecule has 4 rings (SSSR count). The van der Waals surface area contributed by atoms with Crippen LogP contribution in [0.15, 0.2) is 12.2 Å². The first-order chi connectivity index (χ1) is 27.6. The van der Waals surface area contributed by atoms with Crippen LogP contribution in [-0.4, -0.2) is 158 Å². The molecule has 17 nitrogen and oxygen atoms in total. The van der Waals surface area contributed by atoms with Crippen LogP contribution in [-0.2, 0) is 66.6 Å². The van der Waals surface area contributed by atoms with Crippen LogP contribution in [0.5, 0.6) is 0 Å². The van der Waals surface area contributed by atoms with E-state index in [2.05, 4.69) is 0 Å². The van der Waals surface area contributed by atoms with Crippen molar-refractivity contribution in [2.24, 2.45) is 17.8 Å². The summed E-state index contributed by atoms with van der Waals surface area (Å²) in [5.41, 5.74) is -1.51. The molecule has 59 heavy (non-hydrogen) atoms. The third-order valence-corrected chi connectivity index (χ3v) is 11.4. The number of fused-ring (bicyclic) bond motifs is 1. The van der Waals surface area contributed by atoms with Gasteiger partial charge in [0.05, 0.1) is 36.9 Å². The summed E-state index contributed by atoms with van der Waals surface area (Å²) >= 11 is 0. The highest BCUT2D eigenvalue weighted by molar-refractivity contribution is 5.91. The van der Waals surface area contributed by atoms with Crippen LogP contribution in [0.3, 0.4) is 0 Å². The van der Waals surface area contributed by atoms with E-state index in [1.807, 2.05) is 13.8 Å². The Kier molecular flexibility index (Phi) is 17.6. The number of allylic oxidation sites excluding steroid dienone is 1. The number of ketones is 1. The van der Waals surface area contributed by atoms with E-state index in [1.165, 1.54) is 20.1 Å². The first kappa shape index (κ1) is 48.8. The average molecular weight is 842 g/mol. The second-order valence-electron chi connectivity index (χ2n) is 17.5. The molecule has 10 unspecified atom stereocenters. The van der Waals surface area contributed by atoms with Crippen LogP contribution >= 0.6 is 0 Å². The number of cyclic esters (lactones) is 1. The number of rotatable bonds is 12. The number of aliphatic hydroxyl groups excluding tert-OH is 1. The third kappa shape index (κ3) is 13.3. The fourth-order valence-corrected chi connectivity index (χ4v) is 8.51. The Morgan fingerprint density at radius 2 is 1.69 bits per heavy atom. The maximum Gasteiger partial charge on any atom is 0.309 e. The number of nitrogens with zero attached hydrogens (tertiary/aromatic N) is 1. The van der Waals surface area contributed by atoms with Crippen LogP contribution < -0.4 is 0 Å². The van der Waals surface area contributed by atoms with Crippen molar-refractivity contribution in [3.05, 3.63) is 12.2 Å². The Hall–Kier alpha value is -2.87. The highest BCUT2D eigenvalue weighted by Crippen LogP contribution is 2.38. The topological polar surface area (TPSA) is 215 Å². The van der Waals surface area contributed by atoms with Crippen LogP contribution in [0, 0.1) is 17.8 Å². The number of carbonyl (C=O) groups excluding carboxylic acids is 5. The number of aliphatic hydroxyl groups is 2. The summed E-state index contributed by atoms with van der Waals surface area (Å²) in [5, 5.41) is 23.5. The summed E-state index contributed by atoms with van der Waals surface area (Å²) in [7, 11) is 4.82. The number of hydrogen-bond donors (Lipinski definition) is 2. The van der Waals surface area contributed by atoms with Gasteiger partial charge in [0.1, 0.15) is 48.5 Å². The first-order valence-corrected chi connectivity index (χ1v) is 20.7. The van der Waals surface area contributed by atoms with E-state index < -0.39 is 115 Å². The SMILES string of the molecule is CO[C@@H]1[C@@H](OC2OC(C)C(OC3CC(C)(O)C(OC(=O)CC(C)C)C(C)O3)C(N(C)C)C2O)[C@@H](CC=O)C[C@@H](C)C(=O)/C=C/C2O[C@H]2C[C@@H](C)OC(=O)C[C@H]1OC(C)=O. The quantitative estimate of drug-likeness (QED) is 0.125. The predicted octanol–water partition coefficient (Wildman–Crippen LogP) is 2.43. The Morgan fingerprint density at radius 3 is 2.29 bits per heavy atom. The van der Waals surface area contributed by atoms with Gasteiger partial charge < -0.3 is 62.5 Å². The minimum Gasteiger partial charge on any atom is -0.462 e. The van der Waals surface area contributed by atoms with Crippen LogP contribution in [0.2, 0.25) is 0 Å². The number of aldehydes is 1. The summed E-state index contributed by atoms with van der Waals surface area (Å²) in [4.78, 5) is 65.8. The Balaban J connectivity index is 1.64. The van der Waals surface area contributed by atoms with Crippen molar-refractivity contribution in [3.8, 4) is 0 Å². The highest BCUT2D eigenvalue weighted by atomic mass is 16.7. The molecule has 0 aromatic heterocycles. The number of hydrogen-bond acceptors (Lipinski definition) is 17. The number of ether oxygens (including phenoxy) is 9. The van der Waals surface area contributed by atoms with Gasteiger partial charge >= 0.3 is 17.9 Å². The van der Waals surface area contributed by atoms with Gasteiger partial charge in [0, 0.05) is 45.6 Å². The lowest BCUT2D eigenvalue weighted by Crippen LogP contribution is -2.66. The lowest BCUT2D eigenvalue weighted by molar-refractivity contribution is -0.344. The molecule has 4 aliphatic heterocycles. The maximum atomic E-state index is 13.4. The summed E-state index contributed by atoms with van der Waals surface area (Å²) in [6.07, 6.45) is -7.99. The monoisotopic (exact) mass is 841 g/mol. The number of likely N-dealkylation sites (N-methyl/N-ethyl adjacent to an activating group) is 1. The van der Waals surface area contributed by atoms with Gasteiger partial charge in [-0.05, 0) is 72.2 Å². The predicted molar refractivity (Wildman–Crippen MR) is 208 cm³/mol. The molecular formula is C42H67NO16. The van der Waals surface area contributed by atoms with Gasteiger partial charge in [-0.25, -0.2) is 0 Å². The van der Waals surface area contributed by atoms with Crippen LogP contribution in [0.25, 0.3) is 0 Å². The minimum absolute atomic E-state index is 0.0551. The summed E-state index contributed by atoms with van der Waals surface area (Å²) in [6, 6.07) is -0.800. The molecule has 0 spiro atoms. The molecule has 3 fully saturated rings. The summed E-state index contributed by atoms with van der Waals surface area (Å²) in [5.74, 6) is -3.35. The van der Waals surface area contributed by atoms with E-state index in [1.54, 1.807) is 59.7 Å². The number of carbonyl (C=O) groups is 5. The molecule has 4 heterocycles. The van der Waals surface area contributed by atoms with E-state index in [0.717, 1.165) is 0 Å². The minimum atomic E-state index is -1.51.